The Labute approximate surface area is 498 Å². The predicted molar refractivity (Wildman–Crippen MR) is 363 cm³/mol. The molecule has 0 aliphatic carbocycles. The van der Waals surface area contributed by atoms with Crippen LogP contribution >= 0.6 is 0 Å². The molecule has 19 rings (SSSR count). The Kier molecular flexibility index (Phi) is 9.98. The van der Waals surface area contributed by atoms with E-state index in [2.05, 4.69) is 332 Å². The number of aromatic nitrogens is 2. The summed E-state index contributed by atoms with van der Waals surface area (Å²) in [6.07, 6.45) is 0. The third kappa shape index (κ3) is 6.47. The van der Waals surface area contributed by atoms with Gasteiger partial charge in [0.15, 0.2) is 0 Å². The van der Waals surface area contributed by atoms with Gasteiger partial charge < -0.3 is 28.7 Å². The van der Waals surface area contributed by atoms with Crippen LogP contribution in [0.3, 0.4) is 0 Å². The van der Waals surface area contributed by atoms with Crippen LogP contribution in [-0.4, -0.2) is 22.6 Å². The zero-order valence-corrected chi connectivity index (χ0v) is 46.7. The van der Waals surface area contributed by atoms with E-state index in [4.69, 9.17) is 0 Å². The SMILES string of the molecule is c1ccc(N2c3cc4c(cc3B3c5ccc6c(c5N(c5ccccc5)c5cccc2c53)c2ccccc2n6-c2ccccc2)B2c3ccc5c(c3N(c3ccccc3)c3cccc(c32)N4c2ccccc2)c2ccccc2n5-c2ccccc2)cc1. The highest BCUT2D eigenvalue weighted by atomic mass is 15.2. The van der Waals surface area contributed by atoms with E-state index in [1.54, 1.807) is 0 Å². The summed E-state index contributed by atoms with van der Waals surface area (Å²) >= 11 is 0. The maximum atomic E-state index is 2.66. The fourth-order valence-electron chi connectivity index (χ4n) is 15.5. The van der Waals surface area contributed by atoms with E-state index >= 15 is 0 Å². The van der Waals surface area contributed by atoms with Crippen molar-refractivity contribution in [3.63, 3.8) is 0 Å². The van der Waals surface area contributed by atoms with Gasteiger partial charge in [-0.15, -0.1) is 0 Å². The second-order valence-corrected chi connectivity index (χ2v) is 23.1. The van der Waals surface area contributed by atoms with E-state index in [1.807, 2.05) is 0 Å². The van der Waals surface area contributed by atoms with Crippen LogP contribution in [0.25, 0.3) is 55.0 Å². The van der Waals surface area contributed by atoms with Crippen LogP contribution in [0.4, 0.5) is 68.2 Å². The van der Waals surface area contributed by atoms with E-state index in [1.165, 1.54) is 122 Å². The van der Waals surface area contributed by atoms with Crippen molar-refractivity contribution in [2.75, 3.05) is 19.6 Å². The molecular formula is C78H50B2N6. The molecule has 0 amide bonds. The van der Waals surface area contributed by atoms with Crippen LogP contribution in [0.5, 0.6) is 0 Å². The Morgan fingerprint density at radius 2 is 0.523 bits per heavy atom. The molecule has 0 spiro atoms. The van der Waals surface area contributed by atoms with Gasteiger partial charge in [0.05, 0.1) is 33.4 Å². The van der Waals surface area contributed by atoms with Crippen molar-refractivity contribution in [2.45, 2.75) is 0 Å². The molecule has 6 heterocycles. The van der Waals surface area contributed by atoms with Crippen molar-refractivity contribution in [1.82, 2.24) is 9.13 Å². The molecular weight excluding hydrogens is 1040 g/mol. The molecule has 0 saturated heterocycles. The topological polar surface area (TPSA) is 22.8 Å². The summed E-state index contributed by atoms with van der Waals surface area (Å²) < 4.78 is 4.92. The standard InChI is InChI=1S/C78H50B2N6/c1-7-25-51(26-8-1)81-63-39-21-19-37-57(63)73-65(81)47-45-59-77(73)85(55-33-15-5-16-34-55)69-43-23-41-67-75(69)79(59)61-49-62-72(50-71(61)83(67)53-29-11-3-12-30-53)84(54-31-13-4-14-32-54)68-42-24-44-70-76(68)80(62)60-46-48-66-74(78(60)86(70)56-35-17-6-18-36-56)58-38-20-22-40-64(58)82(66)52-27-9-2-10-28-52/h1-50H. The third-order valence-corrected chi connectivity index (χ3v) is 18.8. The summed E-state index contributed by atoms with van der Waals surface area (Å²) in [5, 5.41) is 4.92. The van der Waals surface area contributed by atoms with Crippen molar-refractivity contribution in [3.8, 4) is 11.4 Å². The zero-order valence-electron chi connectivity index (χ0n) is 46.7. The number of fused-ring (bicyclic) bond motifs is 16. The number of hydrogen-bond acceptors (Lipinski definition) is 4. The molecule has 4 aliphatic rings. The van der Waals surface area contributed by atoms with Crippen molar-refractivity contribution >= 4 is 158 Å². The number of anilines is 12. The van der Waals surface area contributed by atoms with Crippen molar-refractivity contribution in [1.29, 1.82) is 0 Å². The second kappa shape index (κ2) is 18.1. The van der Waals surface area contributed by atoms with Crippen LogP contribution in [0, 0.1) is 0 Å². The maximum Gasteiger partial charge on any atom is 0.252 e. The quantitative estimate of drug-likeness (QED) is 0.155. The van der Waals surface area contributed by atoms with Gasteiger partial charge in [-0.05, 0) is 160 Å². The summed E-state index contributed by atoms with van der Waals surface area (Å²) in [5.74, 6) is 0. The molecule has 0 atom stereocenters. The monoisotopic (exact) mass is 1090 g/mol. The van der Waals surface area contributed by atoms with Crippen LogP contribution in [-0.2, 0) is 0 Å². The molecule has 0 radical (unpaired) electrons. The zero-order chi connectivity index (χ0) is 56.1. The normalized spacial score (nSPS) is 13.4. The van der Waals surface area contributed by atoms with E-state index < -0.39 is 0 Å². The second-order valence-electron chi connectivity index (χ2n) is 23.1. The molecule has 0 N–H and O–H groups in total. The van der Waals surface area contributed by atoms with E-state index in [-0.39, 0.29) is 13.4 Å². The largest absolute Gasteiger partial charge is 0.311 e. The Hall–Kier alpha value is -11.2. The van der Waals surface area contributed by atoms with E-state index in [9.17, 15) is 0 Å². The summed E-state index contributed by atoms with van der Waals surface area (Å²) in [4.78, 5) is 10.3. The number of para-hydroxylation sites is 8. The first kappa shape index (κ1) is 47.3. The fraction of sp³-hybridized carbons (Fsp3) is 0. The molecule has 2 aromatic heterocycles. The van der Waals surface area contributed by atoms with Gasteiger partial charge in [0, 0.05) is 89.8 Å². The molecule has 4 aliphatic heterocycles. The highest BCUT2D eigenvalue weighted by Gasteiger charge is 2.49. The average molecular weight is 1090 g/mol. The lowest BCUT2D eigenvalue weighted by Gasteiger charge is -2.47. The van der Waals surface area contributed by atoms with Crippen LogP contribution in [0.2, 0.25) is 0 Å². The van der Waals surface area contributed by atoms with Gasteiger partial charge in [-0.1, -0.05) is 176 Å². The predicted octanol–water partition coefficient (Wildman–Crippen LogP) is 16.0. The van der Waals surface area contributed by atoms with Gasteiger partial charge in [0.25, 0.3) is 13.4 Å². The van der Waals surface area contributed by atoms with Gasteiger partial charge in [0.2, 0.25) is 0 Å². The highest BCUT2D eigenvalue weighted by molar-refractivity contribution is 7.03. The molecule has 0 fully saturated rings. The van der Waals surface area contributed by atoms with E-state index in [0.29, 0.717) is 0 Å². The lowest BCUT2D eigenvalue weighted by atomic mass is 9.30. The van der Waals surface area contributed by atoms with Crippen LogP contribution in [0.1, 0.15) is 0 Å². The average Bonchev–Trinajstić information content (AvgIpc) is 0.975. The third-order valence-electron chi connectivity index (χ3n) is 18.8. The fourth-order valence-corrected chi connectivity index (χ4v) is 15.5. The molecule has 86 heavy (non-hydrogen) atoms. The summed E-state index contributed by atoms with van der Waals surface area (Å²) in [7, 11) is 0. The minimum absolute atomic E-state index is 0.156. The summed E-state index contributed by atoms with van der Waals surface area (Å²) in [6.45, 7) is -0.312. The van der Waals surface area contributed by atoms with E-state index in [0.717, 1.165) is 34.1 Å². The first-order valence-corrected chi connectivity index (χ1v) is 29.8. The van der Waals surface area contributed by atoms with Gasteiger partial charge >= 0.3 is 0 Å². The lowest BCUT2D eigenvalue weighted by Crippen LogP contribution is -2.65. The van der Waals surface area contributed by atoms with Crippen molar-refractivity contribution in [2.24, 2.45) is 0 Å². The van der Waals surface area contributed by atoms with Crippen molar-refractivity contribution in [3.05, 3.63) is 303 Å². The smallest absolute Gasteiger partial charge is 0.252 e. The van der Waals surface area contributed by atoms with Gasteiger partial charge in [-0.25, -0.2) is 0 Å². The summed E-state index contributed by atoms with van der Waals surface area (Å²) in [5.41, 5.74) is 28.6. The molecule has 8 heteroatoms. The first-order chi connectivity index (χ1) is 42.8. The maximum absolute atomic E-state index is 2.66. The van der Waals surface area contributed by atoms with Crippen molar-refractivity contribution < 1.29 is 0 Å². The number of hydrogen-bond donors (Lipinski definition) is 0. The lowest BCUT2D eigenvalue weighted by molar-refractivity contribution is 1.18. The van der Waals surface area contributed by atoms with Gasteiger partial charge in [0.1, 0.15) is 0 Å². The minimum Gasteiger partial charge on any atom is -0.311 e. The highest BCUT2D eigenvalue weighted by Crippen LogP contribution is 2.52. The number of benzene rings is 13. The molecule has 15 aromatic rings. The van der Waals surface area contributed by atoms with Gasteiger partial charge in [-0.2, -0.15) is 0 Å². The molecule has 0 bridgehead atoms. The molecule has 13 aromatic carbocycles. The Morgan fingerprint density at radius 1 is 0.209 bits per heavy atom. The van der Waals surface area contributed by atoms with Crippen LogP contribution < -0.4 is 52.4 Å². The minimum atomic E-state index is -0.156. The number of rotatable bonds is 6. The number of nitrogens with zero attached hydrogens (tertiary/aromatic N) is 6. The summed E-state index contributed by atoms with van der Waals surface area (Å²) in [6, 6.07) is 113. The van der Waals surface area contributed by atoms with Crippen LogP contribution in [0.15, 0.2) is 303 Å². The Bertz CT molecular complexity index is 4940. The first-order valence-electron chi connectivity index (χ1n) is 29.8. The molecule has 398 valence electrons. The van der Waals surface area contributed by atoms with Gasteiger partial charge in [-0.3, -0.25) is 0 Å². The molecule has 0 unspecified atom stereocenters. The molecule has 6 nitrogen and oxygen atoms in total. The molecule has 0 saturated carbocycles. The Balaban J connectivity index is 0.956. The Morgan fingerprint density at radius 3 is 0.895 bits per heavy atom.